The van der Waals surface area contributed by atoms with Crippen LogP contribution in [0.2, 0.25) is 0 Å². The molecule has 0 saturated heterocycles. The van der Waals surface area contributed by atoms with Crippen LogP contribution in [-0.2, 0) is 0 Å². The normalized spacial score (nSPS) is 15.1. The Labute approximate surface area is 159 Å². The number of ketones is 1. The van der Waals surface area contributed by atoms with E-state index in [2.05, 4.69) is 5.32 Å². The highest BCUT2D eigenvalue weighted by atomic mass is 16.6. The Kier molecular flexibility index (Phi) is 6.32. The number of ether oxygens (including phenoxy) is 3. The Morgan fingerprint density at radius 1 is 1.19 bits per heavy atom. The zero-order valence-electron chi connectivity index (χ0n) is 15.6. The molecule has 0 aliphatic carbocycles. The highest BCUT2D eigenvalue weighted by molar-refractivity contribution is 5.94. The number of Topliss-reactive ketones (excluding diaryl/α,β-unsaturated/α-hetero) is 1. The van der Waals surface area contributed by atoms with E-state index in [9.17, 15) is 9.90 Å². The van der Waals surface area contributed by atoms with Gasteiger partial charge in [-0.3, -0.25) is 4.79 Å². The monoisotopic (exact) mass is 371 g/mol. The van der Waals surface area contributed by atoms with Gasteiger partial charge in [-0.05, 0) is 43.7 Å². The molecule has 0 bridgehead atoms. The molecule has 2 N–H and O–H groups in total. The van der Waals surface area contributed by atoms with Crippen molar-refractivity contribution in [3.63, 3.8) is 0 Å². The summed E-state index contributed by atoms with van der Waals surface area (Å²) in [7, 11) is 0. The van der Waals surface area contributed by atoms with Gasteiger partial charge in [0.25, 0.3) is 0 Å². The lowest BCUT2D eigenvalue weighted by atomic mass is 10.1. The van der Waals surface area contributed by atoms with Crippen LogP contribution in [-0.4, -0.2) is 43.4 Å². The van der Waals surface area contributed by atoms with Crippen LogP contribution in [0.1, 0.15) is 35.8 Å². The number of carbonyl (C=O) groups excluding carboxylic acids is 1. The van der Waals surface area contributed by atoms with E-state index < -0.39 is 6.10 Å². The van der Waals surface area contributed by atoms with Gasteiger partial charge in [0, 0.05) is 18.2 Å². The summed E-state index contributed by atoms with van der Waals surface area (Å²) in [4.78, 5) is 11.4. The highest BCUT2D eigenvalue weighted by Crippen LogP contribution is 2.32. The molecule has 2 atom stereocenters. The van der Waals surface area contributed by atoms with Gasteiger partial charge >= 0.3 is 0 Å². The second-order valence-corrected chi connectivity index (χ2v) is 6.58. The summed E-state index contributed by atoms with van der Waals surface area (Å²) < 4.78 is 16.7. The summed E-state index contributed by atoms with van der Waals surface area (Å²) in [6.07, 6.45) is -0.675. The Hall–Kier alpha value is -2.57. The van der Waals surface area contributed by atoms with Crippen molar-refractivity contribution < 1.29 is 24.1 Å². The van der Waals surface area contributed by atoms with E-state index in [1.54, 1.807) is 24.3 Å². The number of hydrogen-bond acceptors (Lipinski definition) is 6. The minimum absolute atomic E-state index is 0.0177. The molecule has 1 aliphatic rings. The Morgan fingerprint density at radius 2 is 1.96 bits per heavy atom. The van der Waals surface area contributed by atoms with Gasteiger partial charge in [-0.25, -0.2) is 0 Å². The predicted molar refractivity (Wildman–Crippen MR) is 102 cm³/mol. The Morgan fingerprint density at radius 3 is 2.74 bits per heavy atom. The van der Waals surface area contributed by atoms with E-state index in [0.29, 0.717) is 31.1 Å². The highest BCUT2D eigenvalue weighted by Gasteiger charge is 2.15. The van der Waals surface area contributed by atoms with Gasteiger partial charge in [0.15, 0.2) is 17.3 Å². The average Bonchev–Trinajstić information content (AvgIpc) is 2.70. The summed E-state index contributed by atoms with van der Waals surface area (Å²) in [5.41, 5.74) is 1.65. The summed E-state index contributed by atoms with van der Waals surface area (Å²) in [6.45, 7) is 5.18. The van der Waals surface area contributed by atoms with Crippen LogP contribution >= 0.6 is 0 Å². The Balaban J connectivity index is 1.48. The molecule has 0 radical (unpaired) electrons. The lowest BCUT2D eigenvalue weighted by molar-refractivity contribution is 0.101. The van der Waals surface area contributed by atoms with Gasteiger partial charge in [0.05, 0.1) is 0 Å². The maximum Gasteiger partial charge on any atom is 0.161 e. The maximum absolute atomic E-state index is 11.4. The third kappa shape index (κ3) is 5.21. The molecule has 6 heteroatoms. The van der Waals surface area contributed by atoms with Crippen LogP contribution in [0.15, 0.2) is 42.5 Å². The van der Waals surface area contributed by atoms with Gasteiger partial charge in [-0.1, -0.05) is 18.2 Å². The molecule has 6 nitrogen and oxygen atoms in total. The fourth-order valence-corrected chi connectivity index (χ4v) is 2.82. The molecule has 1 heterocycles. The van der Waals surface area contributed by atoms with E-state index in [4.69, 9.17) is 14.2 Å². The smallest absolute Gasteiger partial charge is 0.161 e. The van der Waals surface area contributed by atoms with Crippen molar-refractivity contribution in [2.75, 3.05) is 26.4 Å². The van der Waals surface area contributed by atoms with Crippen molar-refractivity contribution in [3.05, 3.63) is 53.6 Å². The van der Waals surface area contributed by atoms with E-state index in [1.165, 1.54) is 6.92 Å². The third-order valence-corrected chi connectivity index (χ3v) is 4.41. The molecule has 0 aromatic heterocycles. The van der Waals surface area contributed by atoms with E-state index in [1.807, 2.05) is 25.1 Å². The fraction of sp³-hybridized carbons (Fsp3) is 0.381. The molecule has 2 unspecified atom stereocenters. The molecule has 0 amide bonds. The molecule has 144 valence electrons. The number of hydrogen-bond donors (Lipinski definition) is 2. The van der Waals surface area contributed by atoms with Crippen molar-refractivity contribution in [2.24, 2.45) is 0 Å². The maximum atomic E-state index is 11.4. The number of aliphatic hydroxyl groups excluding tert-OH is 1. The zero-order chi connectivity index (χ0) is 19.2. The lowest BCUT2D eigenvalue weighted by Crippen LogP contribution is -2.33. The second kappa shape index (κ2) is 8.88. The number of rotatable bonds is 8. The SMILES string of the molecule is CC(=O)c1cccc(OCC(O)CNC(C)c2ccc3c(c2)OCCO3)c1. The first kappa shape index (κ1) is 19.2. The minimum Gasteiger partial charge on any atom is -0.491 e. The van der Waals surface area contributed by atoms with Crippen molar-refractivity contribution in [2.45, 2.75) is 26.0 Å². The number of carbonyl (C=O) groups is 1. The minimum atomic E-state index is -0.675. The zero-order valence-corrected chi connectivity index (χ0v) is 15.6. The molecule has 27 heavy (non-hydrogen) atoms. The van der Waals surface area contributed by atoms with Crippen molar-refractivity contribution >= 4 is 5.78 Å². The third-order valence-electron chi connectivity index (χ3n) is 4.41. The summed E-state index contributed by atoms with van der Waals surface area (Å²) >= 11 is 0. The fourth-order valence-electron chi connectivity index (χ4n) is 2.82. The molecule has 1 aliphatic heterocycles. The average molecular weight is 371 g/mol. The molecular formula is C21H25NO5. The van der Waals surface area contributed by atoms with Gasteiger partial charge in [0.2, 0.25) is 0 Å². The summed E-state index contributed by atoms with van der Waals surface area (Å²) in [5, 5.41) is 13.5. The van der Waals surface area contributed by atoms with Crippen LogP contribution in [0.3, 0.4) is 0 Å². The summed E-state index contributed by atoms with van der Waals surface area (Å²) in [6, 6.07) is 12.8. The number of fused-ring (bicyclic) bond motifs is 1. The predicted octanol–water partition coefficient (Wildman–Crippen LogP) is 2.75. The quantitative estimate of drug-likeness (QED) is 0.695. The van der Waals surface area contributed by atoms with Crippen LogP contribution in [0.25, 0.3) is 0 Å². The van der Waals surface area contributed by atoms with Gasteiger partial charge in [0.1, 0.15) is 31.7 Å². The first-order valence-corrected chi connectivity index (χ1v) is 9.07. The van der Waals surface area contributed by atoms with E-state index in [-0.39, 0.29) is 18.4 Å². The van der Waals surface area contributed by atoms with Gasteiger partial charge in [-0.15, -0.1) is 0 Å². The molecule has 3 rings (SSSR count). The molecule has 0 fully saturated rings. The van der Waals surface area contributed by atoms with Gasteiger partial charge in [-0.2, -0.15) is 0 Å². The van der Waals surface area contributed by atoms with E-state index in [0.717, 1.165) is 17.1 Å². The molecule has 2 aromatic rings. The lowest BCUT2D eigenvalue weighted by Gasteiger charge is -2.22. The number of benzene rings is 2. The second-order valence-electron chi connectivity index (χ2n) is 6.58. The first-order chi connectivity index (χ1) is 13.0. The Bertz CT molecular complexity index is 792. The standard InChI is InChI=1S/C21H25NO5/c1-14(16-6-7-20-21(11-16)26-9-8-25-20)22-12-18(24)13-27-19-5-3-4-17(10-19)15(2)23/h3-7,10-11,14,18,22,24H,8-9,12-13H2,1-2H3. The molecule has 0 spiro atoms. The number of nitrogens with one attached hydrogen (secondary N) is 1. The first-order valence-electron chi connectivity index (χ1n) is 9.07. The topological polar surface area (TPSA) is 77.0 Å². The van der Waals surface area contributed by atoms with Gasteiger partial charge < -0.3 is 24.6 Å². The van der Waals surface area contributed by atoms with Crippen LogP contribution in [0.5, 0.6) is 17.2 Å². The van der Waals surface area contributed by atoms with Crippen molar-refractivity contribution in [3.8, 4) is 17.2 Å². The molecule has 0 saturated carbocycles. The van der Waals surface area contributed by atoms with Crippen molar-refractivity contribution in [1.29, 1.82) is 0 Å². The van der Waals surface area contributed by atoms with Crippen molar-refractivity contribution in [1.82, 2.24) is 5.32 Å². The number of aliphatic hydroxyl groups is 1. The molecule has 2 aromatic carbocycles. The van der Waals surface area contributed by atoms with Crippen LogP contribution in [0, 0.1) is 0 Å². The largest absolute Gasteiger partial charge is 0.491 e. The van der Waals surface area contributed by atoms with Crippen LogP contribution in [0.4, 0.5) is 0 Å². The van der Waals surface area contributed by atoms with Crippen LogP contribution < -0.4 is 19.5 Å². The summed E-state index contributed by atoms with van der Waals surface area (Å²) in [5.74, 6) is 2.07. The van der Waals surface area contributed by atoms with E-state index >= 15 is 0 Å². The molecular weight excluding hydrogens is 346 g/mol.